The Balaban J connectivity index is 1.44. The number of nitrogens with one attached hydrogen (secondary N) is 2. The Kier molecular flexibility index (Phi) is 4.99. The fourth-order valence-electron chi connectivity index (χ4n) is 2.62. The number of carbonyl (C=O) groups is 2. The lowest BCUT2D eigenvalue weighted by Gasteiger charge is -2.08. The van der Waals surface area contributed by atoms with Crippen LogP contribution in [0.4, 0.5) is 11.4 Å². The average Bonchev–Trinajstić information content (AvgIpc) is 3.43. The van der Waals surface area contributed by atoms with Crippen LogP contribution in [-0.2, 0) is 0 Å². The van der Waals surface area contributed by atoms with Gasteiger partial charge >= 0.3 is 0 Å². The van der Waals surface area contributed by atoms with E-state index in [4.69, 9.17) is 4.42 Å². The monoisotopic (exact) mass is 389 g/mol. The normalized spacial score (nSPS) is 10.4. The summed E-state index contributed by atoms with van der Waals surface area (Å²) in [6.07, 6.45) is 3.00. The van der Waals surface area contributed by atoms with E-state index in [1.165, 1.54) is 17.7 Å². The summed E-state index contributed by atoms with van der Waals surface area (Å²) in [5.41, 5.74) is 2.53. The van der Waals surface area contributed by atoms with Crippen molar-refractivity contribution in [2.75, 3.05) is 10.6 Å². The van der Waals surface area contributed by atoms with Gasteiger partial charge in [-0.05, 0) is 53.9 Å². The van der Waals surface area contributed by atoms with Crippen molar-refractivity contribution in [1.82, 2.24) is 4.98 Å². The molecule has 4 rings (SSSR count). The fraction of sp³-hybridized carbons (Fsp3) is 0. The van der Waals surface area contributed by atoms with Crippen LogP contribution < -0.4 is 10.6 Å². The summed E-state index contributed by atoms with van der Waals surface area (Å²) in [5.74, 6) is 0.197. The molecular weight excluding hydrogens is 374 g/mol. The summed E-state index contributed by atoms with van der Waals surface area (Å²) in [5, 5.41) is 7.48. The summed E-state index contributed by atoms with van der Waals surface area (Å²) in [7, 11) is 0. The summed E-state index contributed by atoms with van der Waals surface area (Å²) >= 11 is 1.36. The smallest absolute Gasteiger partial charge is 0.265 e. The van der Waals surface area contributed by atoms with Crippen molar-refractivity contribution in [3.05, 3.63) is 89.1 Å². The molecule has 0 unspecified atom stereocenters. The van der Waals surface area contributed by atoms with Gasteiger partial charge in [0.15, 0.2) is 12.2 Å². The zero-order valence-corrected chi connectivity index (χ0v) is 15.4. The zero-order chi connectivity index (χ0) is 19.3. The second-order valence-corrected chi connectivity index (χ2v) is 6.86. The summed E-state index contributed by atoms with van der Waals surface area (Å²) in [6, 6.07) is 17.6. The third kappa shape index (κ3) is 3.99. The predicted octanol–water partition coefficient (Wildman–Crippen LogP) is 4.91. The molecule has 0 radical (unpaired) electrons. The highest BCUT2D eigenvalue weighted by Crippen LogP contribution is 2.21. The first-order valence-electron chi connectivity index (χ1n) is 8.44. The topological polar surface area (TPSA) is 84.2 Å². The highest BCUT2D eigenvalue weighted by Gasteiger charge is 2.10. The first-order chi connectivity index (χ1) is 13.7. The molecule has 7 heteroatoms. The Morgan fingerprint density at radius 1 is 0.893 bits per heavy atom. The van der Waals surface area contributed by atoms with E-state index in [1.54, 1.807) is 48.7 Å². The van der Waals surface area contributed by atoms with Crippen LogP contribution in [-0.4, -0.2) is 16.8 Å². The standard InChI is InChI=1S/C21H15N3O3S/c25-20(23-16-8-6-14(7-9-16)18-12-22-13-27-18)15-3-1-4-17(11-15)24-21(26)19-5-2-10-28-19/h1-13H,(H,23,25)(H,24,26). The lowest BCUT2D eigenvalue weighted by molar-refractivity contribution is 0.101. The Bertz CT molecular complexity index is 1090. The number of hydrogen-bond acceptors (Lipinski definition) is 5. The minimum Gasteiger partial charge on any atom is -0.444 e. The van der Waals surface area contributed by atoms with Gasteiger partial charge in [-0.1, -0.05) is 12.1 Å². The Morgan fingerprint density at radius 2 is 1.71 bits per heavy atom. The zero-order valence-electron chi connectivity index (χ0n) is 14.6. The quantitative estimate of drug-likeness (QED) is 0.508. The molecule has 2 N–H and O–H groups in total. The summed E-state index contributed by atoms with van der Waals surface area (Å²) < 4.78 is 5.25. The largest absolute Gasteiger partial charge is 0.444 e. The average molecular weight is 389 g/mol. The SMILES string of the molecule is O=C(Nc1ccc(-c2cnco2)cc1)c1cccc(NC(=O)c2cccs2)c1. The fourth-order valence-corrected chi connectivity index (χ4v) is 3.24. The number of benzene rings is 2. The molecule has 2 amide bonds. The Morgan fingerprint density at radius 3 is 2.43 bits per heavy atom. The number of rotatable bonds is 5. The lowest BCUT2D eigenvalue weighted by atomic mass is 10.1. The van der Waals surface area contributed by atoms with Crippen molar-refractivity contribution in [2.24, 2.45) is 0 Å². The van der Waals surface area contributed by atoms with Gasteiger partial charge in [-0.15, -0.1) is 11.3 Å². The molecule has 28 heavy (non-hydrogen) atoms. The van der Waals surface area contributed by atoms with E-state index in [-0.39, 0.29) is 11.8 Å². The maximum absolute atomic E-state index is 12.5. The number of oxazole rings is 1. The van der Waals surface area contributed by atoms with E-state index in [0.29, 0.717) is 27.6 Å². The van der Waals surface area contributed by atoms with E-state index in [9.17, 15) is 9.59 Å². The molecule has 2 heterocycles. The van der Waals surface area contributed by atoms with Crippen molar-refractivity contribution in [2.45, 2.75) is 0 Å². The molecular formula is C21H15N3O3S. The van der Waals surface area contributed by atoms with Crippen LogP contribution in [0, 0.1) is 0 Å². The Hall–Kier alpha value is -3.71. The van der Waals surface area contributed by atoms with Crippen LogP contribution >= 0.6 is 11.3 Å². The number of hydrogen-bond donors (Lipinski definition) is 2. The van der Waals surface area contributed by atoms with E-state index in [1.807, 2.05) is 23.6 Å². The molecule has 0 aliphatic rings. The molecule has 0 spiro atoms. The van der Waals surface area contributed by atoms with Crippen molar-refractivity contribution in [3.8, 4) is 11.3 Å². The van der Waals surface area contributed by atoms with Crippen LogP contribution in [0.2, 0.25) is 0 Å². The second kappa shape index (κ2) is 7.89. The van der Waals surface area contributed by atoms with Crippen LogP contribution in [0.15, 0.2) is 83.1 Å². The summed E-state index contributed by atoms with van der Waals surface area (Å²) in [4.78, 5) is 29.2. The first kappa shape index (κ1) is 17.7. The molecule has 0 fully saturated rings. The maximum atomic E-state index is 12.5. The molecule has 0 aliphatic heterocycles. The number of nitrogens with zero attached hydrogens (tertiary/aromatic N) is 1. The minimum atomic E-state index is -0.264. The molecule has 0 saturated heterocycles. The second-order valence-electron chi connectivity index (χ2n) is 5.91. The van der Waals surface area contributed by atoms with E-state index < -0.39 is 0 Å². The third-order valence-corrected chi connectivity index (χ3v) is 4.86. The van der Waals surface area contributed by atoms with E-state index in [0.717, 1.165) is 5.56 Å². The molecule has 4 aromatic rings. The van der Waals surface area contributed by atoms with Gasteiger partial charge in [-0.3, -0.25) is 9.59 Å². The molecule has 0 aliphatic carbocycles. The highest BCUT2D eigenvalue weighted by atomic mass is 32.1. The predicted molar refractivity (Wildman–Crippen MR) is 109 cm³/mol. The molecule has 6 nitrogen and oxygen atoms in total. The van der Waals surface area contributed by atoms with Gasteiger partial charge < -0.3 is 15.1 Å². The van der Waals surface area contributed by atoms with Gasteiger partial charge in [0.2, 0.25) is 0 Å². The molecule has 0 bridgehead atoms. The molecule has 2 aromatic heterocycles. The van der Waals surface area contributed by atoms with Crippen molar-refractivity contribution in [1.29, 1.82) is 0 Å². The van der Waals surface area contributed by atoms with Crippen molar-refractivity contribution >= 4 is 34.5 Å². The van der Waals surface area contributed by atoms with E-state index in [2.05, 4.69) is 15.6 Å². The minimum absolute atomic E-state index is 0.199. The third-order valence-electron chi connectivity index (χ3n) is 3.99. The number of aromatic nitrogens is 1. The number of amides is 2. The first-order valence-corrected chi connectivity index (χ1v) is 9.32. The lowest BCUT2D eigenvalue weighted by Crippen LogP contribution is -2.14. The number of anilines is 2. The van der Waals surface area contributed by atoms with Crippen LogP contribution in [0.5, 0.6) is 0 Å². The van der Waals surface area contributed by atoms with Crippen LogP contribution in [0.25, 0.3) is 11.3 Å². The summed E-state index contributed by atoms with van der Waals surface area (Å²) in [6.45, 7) is 0. The van der Waals surface area contributed by atoms with Gasteiger partial charge in [-0.2, -0.15) is 0 Å². The van der Waals surface area contributed by atoms with Crippen LogP contribution in [0.1, 0.15) is 20.0 Å². The molecule has 138 valence electrons. The molecule has 0 saturated carbocycles. The van der Waals surface area contributed by atoms with Crippen molar-refractivity contribution < 1.29 is 14.0 Å². The number of thiophene rings is 1. The van der Waals surface area contributed by atoms with Gasteiger partial charge in [0.1, 0.15) is 0 Å². The van der Waals surface area contributed by atoms with Crippen LogP contribution in [0.3, 0.4) is 0 Å². The van der Waals surface area contributed by atoms with Gasteiger partial charge in [0, 0.05) is 22.5 Å². The highest BCUT2D eigenvalue weighted by molar-refractivity contribution is 7.12. The molecule has 2 aromatic carbocycles. The maximum Gasteiger partial charge on any atom is 0.265 e. The van der Waals surface area contributed by atoms with Gasteiger partial charge in [-0.25, -0.2) is 4.98 Å². The Labute approximate surface area is 164 Å². The van der Waals surface area contributed by atoms with Crippen molar-refractivity contribution in [3.63, 3.8) is 0 Å². The van der Waals surface area contributed by atoms with Gasteiger partial charge in [0.05, 0.1) is 11.1 Å². The van der Waals surface area contributed by atoms with Gasteiger partial charge in [0.25, 0.3) is 11.8 Å². The number of carbonyl (C=O) groups excluding carboxylic acids is 2. The molecule has 0 atom stereocenters. The van der Waals surface area contributed by atoms with E-state index >= 15 is 0 Å².